The number of amides is 1. The molecule has 6 heteroatoms. The van der Waals surface area contributed by atoms with Crippen LogP contribution in [0.5, 0.6) is 11.5 Å². The van der Waals surface area contributed by atoms with Crippen LogP contribution in [0.25, 0.3) is 0 Å². The summed E-state index contributed by atoms with van der Waals surface area (Å²) < 4.78 is 5.70. The Morgan fingerprint density at radius 3 is 2.62 bits per heavy atom. The van der Waals surface area contributed by atoms with Gasteiger partial charge in [0, 0.05) is 5.56 Å². The molecule has 0 aliphatic heterocycles. The number of nitrogens with one attached hydrogen (secondary N) is 1. The summed E-state index contributed by atoms with van der Waals surface area (Å²) in [5.41, 5.74) is 2.06. The lowest BCUT2D eigenvalue weighted by molar-refractivity contribution is 0.102. The van der Waals surface area contributed by atoms with Gasteiger partial charge in [0.15, 0.2) is 0 Å². The molecule has 104 valence electrons. The third-order valence-electron chi connectivity index (χ3n) is 2.66. The molecule has 1 aromatic heterocycles. The van der Waals surface area contributed by atoms with Crippen molar-refractivity contribution in [3.8, 4) is 11.5 Å². The molecular weight excluding hydrogens is 286 g/mol. The van der Waals surface area contributed by atoms with Gasteiger partial charge >= 0.3 is 0 Å². The van der Waals surface area contributed by atoms with Crippen molar-refractivity contribution >= 4 is 22.4 Å². The zero-order valence-corrected chi connectivity index (χ0v) is 11.7. The highest BCUT2D eigenvalue weighted by Crippen LogP contribution is 2.22. The average molecular weight is 297 g/mol. The van der Waals surface area contributed by atoms with E-state index in [4.69, 9.17) is 4.74 Å². The zero-order valence-electron chi connectivity index (χ0n) is 10.9. The molecule has 3 rings (SSSR count). The number of hydrogen-bond donors (Lipinski definition) is 1. The highest BCUT2D eigenvalue weighted by atomic mass is 32.1. The lowest BCUT2D eigenvalue weighted by atomic mass is 10.2. The van der Waals surface area contributed by atoms with Crippen LogP contribution in [-0.4, -0.2) is 16.1 Å². The van der Waals surface area contributed by atoms with Crippen molar-refractivity contribution in [2.45, 2.75) is 0 Å². The van der Waals surface area contributed by atoms with E-state index < -0.39 is 0 Å². The first-order valence-corrected chi connectivity index (χ1v) is 7.10. The van der Waals surface area contributed by atoms with Crippen LogP contribution < -0.4 is 10.1 Å². The second-order valence-corrected chi connectivity index (χ2v) is 4.97. The second-order valence-electron chi connectivity index (χ2n) is 4.14. The van der Waals surface area contributed by atoms with Crippen molar-refractivity contribution < 1.29 is 9.53 Å². The molecule has 1 heterocycles. The Morgan fingerprint density at radius 2 is 1.86 bits per heavy atom. The molecule has 0 saturated heterocycles. The van der Waals surface area contributed by atoms with Gasteiger partial charge in [0.2, 0.25) is 5.13 Å². The molecule has 0 spiro atoms. The lowest BCUT2D eigenvalue weighted by Gasteiger charge is -2.07. The zero-order chi connectivity index (χ0) is 14.5. The molecule has 0 unspecified atom stereocenters. The fourth-order valence-electron chi connectivity index (χ4n) is 1.72. The van der Waals surface area contributed by atoms with E-state index in [1.165, 1.54) is 11.3 Å². The Morgan fingerprint density at radius 1 is 1.05 bits per heavy atom. The summed E-state index contributed by atoms with van der Waals surface area (Å²) in [6, 6.07) is 16.4. The largest absolute Gasteiger partial charge is 0.457 e. The summed E-state index contributed by atoms with van der Waals surface area (Å²) in [6.07, 6.45) is 0. The topological polar surface area (TPSA) is 64.1 Å². The van der Waals surface area contributed by atoms with Crippen molar-refractivity contribution in [1.29, 1.82) is 0 Å². The number of para-hydroxylation sites is 1. The molecule has 0 aliphatic rings. The van der Waals surface area contributed by atoms with Gasteiger partial charge in [0.25, 0.3) is 5.91 Å². The molecule has 2 aromatic carbocycles. The van der Waals surface area contributed by atoms with E-state index in [0.717, 1.165) is 5.75 Å². The van der Waals surface area contributed by atoms with Crippen molar-refractivity contribution in [2.24, 2.45) is 0 Å². The van der Waals surface area contributed by atoms with E-state index in [0.29, 0.717) is 16.4 Å². The number of aromatic nitrogens is 2. The molecule has 21 heavy (non-hydrogen) atoms. The molecule has 0 aliphatic carbocycles. The van der Waals surface area contributed by atoms with Crippen LogP contribution in [-0.2, 0) is 0 Å². The van der Waals surface area contributed by atoms with E-state index in [-0.39, 0.29) is 5.91 Å². The van der Waals surface area contributed by atoms with Gasteiger partial charge in [0.1, 0.15) is 17.0 Å². The van der Waals surface area contributed by atoms with Gasteiger partial charge in [0.05, 0.1) is 0 Å². The van der Waals surface area contributed by atoms with Crippen LogP contribution in [0.2, 0.25) is 0 Å². The van der Waals surface area contributed by atoms with Crippen LogP contribution in [0.1, 0.15) is 10.4 Å². The number of anilines is 1. The van der Waals surface area contributed by atoms with Crippen molar-refractivity contribution in [2.75, 3.05) is 5.32 Å². The molecular formula is C15H11N3O2S. The van der Waals surface area contributed by atoms with E-state index in [9.17, 15) is 4.79 Å². The Hall–Kier alpha value is -2.73. The quantitative estimate of drug-likeness (QED) is 0.799. The Kier molecular flexibility index (Phi) is 3.88. The number of rotatable bonds is 4. The highest BCUT2D eigenvalue weighted by molar-refractivity contribution is 7.13. The number of carbonyl (C=O) groups excluding carboxylic acids is 1. The fourth-order valence-corrected chi connectivity index (χ4v) is 2.16. The summed E-state index contributed by atoms with van der Waals surface area (Å²) in [7, 11) is 0. The second kappa shape index (κ2) is 6.15. The first-order valence-electron chi connectivity index (χ1n) is 6.22. The molecule has 0 radical (unpaired) electrons. The van der Waals surface area contributed by atoms with E-state index in [2.05, 4.69) is 15.5 Å². The van der Waals surface area contributed by atoms with Crippen molar-refractivity contribution in [3.63, 3.8) is 0 Å². The minimum atomic E-state index is -0.245. The van der Waals surface area contributed by atoms with E-state index in [1.807, 2.05) is 30.3 Å². The molecule has 0 fully saturated rings. The maximum absolute atomic E-state index is 12.1. The van der Waals surface area contributed by atoms with Gasteiger partial charge in [-0.15, -0.1) is 10.2 Å². The third kappa shape index (κ3) is 3.43. The van der Waals surface area contributed by atoms with Gasteiger partial charge < -0.3 is 4.74 Å². The lowest BCUT2D eigenvalue weighted by Crippen LogP contribution is -2.11. The van der Waals surface area contributed by atoms with Gasteiger partial charge in [-0.1, -0.05) is 35.6 Å². The molecule has 0 atom stereocenters. The monoisotopic (exact) mass is 297 g/mol. The number of hydrogen-bond acceptors (Lipinski definition) is 5. The van der Waals surface area contributed by atoms with Crippen molar-refractivity contribution in [1.82, 2.24) is 10.2 Å². The summed E-state index contributed by atoms with van der Waals surface area (Å²) >= 11 is 1.27. The number of ether oxygens (including phenoxy) is 1. The van der Waals surface area contributed by atoms with Gasteiger partial charge in [-0.25, -0.2) is 0 Å². The maximum atomic E-state index is 12.1. The smallest absolute Gasteiger partial charge is 0.257 e. The fraction of sp³-hybridized carbons (Fsp3) is 0. The molecule has 0 saturated carbocycles. The average Bonchev–Trinajstić information content (AvgIpc) is 3.01. The Balaban J connectivity index is 1.75. The van der Waals surface area contributed by atoms with Crippen molar-refractivity contribution in [3.05, 3.63) is 65.7 Å². The predicted molar refractivity (Wildman–Crippen MR) is 80.8 cm³/mol. The first-order chi connectivity index (χ1) is 10.3. The number of nitrogens with zero attached hydrogens (tertiary/aromatic N) is 2. The minimum Gasteiger partial charge on any atom is -0.457 e. The van der Waals surface area contributed by atoms with Crippen LogP contribution in [0.15, 0.2) is 60.1 Å². The van der Waals surface area contributed by atoms with Crippen LogP contribution in [0, 0.1) is 0 Å². The molecule has 3 aromatic rings. The standard InChI is InChI=1S/C15H11N3O2S/c19-14(17-15-18-16-10-21-15)11-5-4-8-13(9-11)20-12-6-2-1-3-7-12/h1-10H,(H,17,18,19). The molecule has 1 N–H and O–H groups in total. The predicted octanol–water partition coefficient (Wildman–Crippen LogP) is 3.58. The van der Waals surface area contributed by atoms with Crippen LogP contribution in [0.3, 0.4) is 0 Å². The Bertz CT molecular complexity index is 730. The minimum absolute atomic E-state index is 0.245. The van der Waals surface area contributed by atoms with E-state index in [1.54, 1.807) is 29.8 Å². The SMILES string of the molecule is O=C(Nc1nncs1)c1cccc(Oc2ccccc2)c1. The number of carbonyl (C=O) groups is 1. The van der Waals surface area contributed by atoms with Gasteiger partial charge in [-0.2, -0.15) is 0 Å². The Labute approximate surface area is 125 Å². The summed E-state index contributed by atoms with van der Waals surface area (Å²) in [4.78, 5) is 12.1. The summed E-state index contributed by atoms with van der Waals surface area (Å²) in [5, 5.41) is 10.6. The number of benzene rings is 2. The summed E-state index contributed by atoms with van der Waals surface area (Å²) in [5.74, 6) is 1.08. The summed E-state index contributed by atoms with van der Waals surface area (Å²) in [6.45, 7) is 0. The normalized spacial score (nSPS) is 10.1. The maximum Gasteiger partial charge on any atom is 0.257 e. The van der Waals surface area contributed by atoms with Crippen LogP contribution in [0.4, 0.5) is 5.13 Å². The molecule has 1 amide bonds. The highest BCUT2D eigenvalue weighted by Gasteiger charge is 2.09. The van der Waals surface area contributed by atoms with Gasteiger partial charge in [-0.3, -0.25) is 10.1 Å². The van der Waals surface area contributed by atoms with E-state index >= 15 is 0 Å². The van der Waals surface area contributed by atoms with Crippen LogP contribution >= 0.6 is 11.3 Å². The molecule has 5 nitrogen and oxygen atoms in total. The molecule has 0 bridgehead atoms. The third-order valence-corrected chi connectivity index (χ3v) is 3.26. The van der Waals surface area contributed by atoms with Gasteiger partial charge in [-0.05, 0) is 30.3 Å². The first kappa shape index (κ1) is 13.3.